The fourth-order valence-electron chi connectivity index (χ4n) is 2.12. The number of hydrogen-bond donors (Lipinski definition) is 3. The van der Waals surface area contributed by atoms with Crippen LogP contribution in [0, 0.1) is 0 Å². The highest BCUT2D eigenvalue weighted by Gasteiger charge is 2.32. The third kappa shape index (κ3) is 5.59. The van der Waals surface area contributed by atoms with Crippen molar-refractivity contribution in [2.45, 2.75) is 16.0 Å². The van der Waals surface area contributed by atoms with Crippen LogP contribution in [0.2, 0.25) is 0 Å². The van der Waals surface area contributed by atoms with Crippen molar-refractivity contribution in [2.24, 2.45) is 15.7 Å². The number of halogens is 1. The largest absolute Gasteiger partial charge is 0.368 e. The molecular weight excluding hydrogens is 374 g/mol. The maximum atomic E-state index is 6.56. The summed E-state index contributed by atoms with van der Waals surface area (Å²) in [6.07, 6.45) is 0. The molecule has 130 valence electrons. The summed E-state index contributed by atoms with van der Waals surface area (Å²) >= 11 is 9.52. The van der Waals surface area contributed by atoms with Crippen molar-refractivity contribution in [3.05, 3.63) is 71.8 Å². The highest BCUT2D eigenvalue weighted by molar-refractivity contribution is 8.01. The second-order valence-electron chi connectivity index (χ2n) is 5.27. The Kier molecular flexibility index (Phi) is 6.12. The molecule has 1 aliphatic heterocycles. The van der Waals surface area contributed by atoms with E-state index in [1.807, 2.05) is 48.5 Å². The summed E-state index contributed by atoms with van der Waals surface area (Å²) in [6.45, 7) is 0. The monoisotopic (exact) mass is 391 g/mol. The number of rotatable bonds is 6. The van der Waals surface area contributed by atoms with Gasteiger partial charge in [0.25, 0.3) is 4.45 Å². The van der Waals surface area contributed by atoms with Gasteiger partial charge in [-0.3, -0.25) is 4.72 Å². The van der Waals surface area contributed by atoms with Gasteiger partial charge in [-0.15, -0.1) is 0 Å². The molecule has 4 N–H and O–H groups in total. The second kappa shape index (κ2) is 8.51. The Morgan fingerprint density at radius 2 is 1.60 bits per heavy atom. The van der Waals surface area contributed by atoms with Crippen molar-refractivity contribution in [3.8, 4) is 0 Å². The van der Waals surface area contributed by atoms with Gasteiger partial charge in [0.1, 0.15) is 0 Å². The van der Waals surface area contributed by atoms with Crippen LogP contribution < -0.4 is 15.8 Å². The van der Waals surface area contributed by atoms with Gasteiger partial charge in [-0.05, 0) is 23.1 Å². The summed E-state index contributed by atoms with van der Waals surface area (Å²) in [7, 11) is 0. The molecule has 1 atom stereocenters. The van der Waals surface area contributed by atoms with E-state index in [-0.39, 0.29) is 5.96 Å². The van der Waals surface area contributed by atoms with Gasteiger partial charge in [-0.1, -0.05) is 84.0 Å². The van der Waals surface area contributed by atoms with Crippen molar-refractivity contribution >= 4 is 47.2 Å². The van der Waals surface area contributed by atoms with Crippen molar-refractivity contribution in [1.29, 1.82) is 0 Å². The number of guanidine groups is 2. The minimum atomic E-state index is -1.07. The Morgan fingerprint density at radius 3 is 2.24 bits per heavy atom. The Morgan fingerprint density at radius 1 is 1.00 bits per heavy atom. The van der Waals surface area contributed by atoms with E-state index in [0.29, 0.717) is 11.7 Å². The lowest BCUT2D eigenvalue weighted by Crippen LogP contribution is -2.49. The second-order valence-corrected chi connectivity index (χ2v) is 7.99. The molecule has 0 bridgehead atoms. The maximum absolute atomic E-state index is 6.56. The van der Waals surface area contributed by atoms with Gasteiger partial charge in [-0.2, -0.15) is 9.98 Å². The molecule has 0 aliphatic carbocycles. The molecular formula is C17H18ClN5S2. The summed E-state index contributed by atoms with van der Waals surface area (Å²) in [5, 5.41) is 3.10. The number of thioether (sulfide) groups is 1. The summed E-state index contributed by atoms with van der Waals surface area (Å²) in [5.74, 6) is 2.16. The fourth-order valence-corrected chi connectivity index (χ4v) is 4.00. The molecule has 0 radical (unpaired) electrons. The van der Waals surface area contributed by atoms with Crippen LogP contribution in [0.5, 0.6) is 0 Å². The molecule has 0 saturated carbocycles. The molecule has 0 amide bonds. The zero-order valence-electron chi connectivity index (χ0n) is 13.4. The first-order valence-corrected chi connectivity index (χ1v) is 9.99. The van der Waals surface area contributed by atoms with Crippen molar-refractivity contribution in [3.63, 3.8) is 0 Å². The highest BCUT2D eigenvalue weighted by atomic mass is 35.5. The van der Waals surface area contributed by atoms with Crippen LogP contribution in [0.25, 0.3) is 0 Å². The zero-order valence-corrected chi connectivity index (χ0v) is 15.7. The highest BCUT2D eigenvalue weighted by Crippen LogP contribution is 2.33. The van der Waals surface area contributed by atoms with E-state index >= 15 is 0 Å². The van der Waals surface area contributed by atoms with Crippen LogP contribution in [-0.2, 0) is 11.5 Å². The van der Waals surface area contributed by atoms with Crippen LogP contribution in [0.4, 0.5) is 0 Å². The third-order valence-corrected chi connectivity index (χ3v) is 5.66. The smallest absolute Gasteiger partial charge is 0.261 e. The first kappa shape index (κ1) is 18.0. The van der Waals surface area contributed by atoms with E-state index in [9.17, 15) is 0 Å². The lowest BCUT2D eigenvalue weighted by molar-refractivity contribution is 0.755. The third-order valence-electron chi connectivity index (χ3n) is 3.28. The van der Waals surface area contributed by atoms with Gasteiger partial charge >= 0.3 is 0 Å². The number of hydrogen-bond acceptors (Lipinski definition) is 7. The Labute approximate surface area is 160 Å². The molecule has 2 aromatic carbocycles. The normalized spacial score (nSPS) is 19.6. The minimum absolute atomic E-state index is 0.150. The van der Waals surface area contributed by atoms with Crippen LogP contribution in [0.15, 0.2) is 70.6 Å². The molecule has 5 nitrogen and oxygen atoms in total. The van der Waals surface area contributed by atoms with Crippen LogP contribution in [0.1, 0.15) is 11.1 Å². The van der Waals surface area contributed by atoms with E-state index in [1.54, 1.807) is 0 Å². The van der Waals surface area contributed by atoms with E-state index in [4.69, 9.17) is 17.3 Å². The average Bonchev–Trinajstić information content (AvgIpc) is 2.61. The average molecular weight is 392 g/mol. The lowest BCUT2D eigenvalue weighted by atomic mass is 10.2. The fraction of sp³-hybridized carbons (Fsp3) is 0.176. The van der Waals surface area contributed by atoms with Crippen molar-refractivity contribution in [2.75, 3.05) is 0 Å². The van der Waals surface area contributed by atoms with E-state index in [1.165, 1.54) is 34.8 Å². The summed E-state index contributed by atoms with van der Waals surface area (Å²) in [6, 6.07) is 20.2. The SMILES string of the molecule is NC1=NC(Cl)(SCc2ccccc2)NC(NSCc2ccccc2)=N1. The Balaban J connectivity index is 1.54. The maximum Gasteiger partial charge on any atom is 0.261 e. The summed E-state index contributed by atoms with van der Waals surface area (Å²) in [4.78, 5) is 8.39. The molecule has 0 spiro atoms. The molecule has 0 fully saturated rings. The number of nitrogens with zero attached hydrogens (tertiary/aromatic N) is 2. The minimum Gasteiger partial charge on any atom is -0.368 e. The molecule has 0 aromatic heterocycles. The molecule has 25 heavy (non-hydrogen) atoms. The summed E-state index contributed by atoms with van der Waals surface area (Å²) in [5.41, 5.74) is 8.21. The van der Waals surface area contributed by atoms with Gasteiger partial charge in [0.2, 0.25) is 11.9 Å². The number of alkyl halides is 1. The molecule has 1 unspecified atom stereocenters. The van der Waals surface area contributed by atoms with E-state index < -0.39 is 4.45 Å². The van der Waals surface area contributed by atoms with E-state index in [2.05, 4.69) is 32.2 Å². The molecule has 3 rings (SSSR count). The van der Waals surface area contributed by atoms with Crippen molar-refractivity contribution < 1.29 is 0 Å². The Hall–Kier alpha value is -1.83. The molecule has 2 aromatic rings. The quantitative estimate of drug-likeness (QED) is 0.399. The van der Waals surface area contributed by atoms with Gasteiger partial charge in [0, 0.05) is 11.5 Å². The van der Waals surface area contributed by atoms with Crippen LogP contribution in [0.3, 0.4) is 0 Å². The molecule has 1 aliphatic rings. The van der Waals surface area contributed by atoms with Gasteiger partial charge in [-0.25, -0.2) is 0 Å². The Bertz CT molecular complexity index is 754. The number of benzene rings is 2. The van der Waals surface area contributed by atoms with Crippen LogP contribution in [-0.4, -0.2) is 16.4 Å². The van der Waals surface area contributed by atoms with Crippen LogP contribution >= 0.6 is 35.3 Å². The standard InChI is InChI=1S/C17H18ClN5S2/c18-17(24-11-13-7-3-1-4-8-13)21-15(19)20-16(22-17)23-25-12-14-9-5-2-6-10-14/h1-10H,11-12H2,(H4,19,20,21,22,23). The zero-order chi connectivity index (χ0) is 17.5. The van der Waals surface area contributed by atoms with Crippen molar-refractivity contribution in [1.82, 2.24) is 10.0 Å². The first-order valence-electron chi connectivity index (χ1n) is 7.64. The molecule has 8 heteroatoms. The van der Waals surface area contributed by atoms with Gasteiger partial charge in [0.05, 0.1) is 0 Å². The van der Waals surface area contributed by atoms with Gasteiger partial charge < -0.3 is 11.1 Å². The topological polar surface area (TPSA) is 74.8 Å². The summed E-state index contributed by atoms with van der Waals surface area (Å²) < 4.78 is 2.08. The number of nitrogens with two attached hydrogens (primary N) is 1. The number of nitrogens with one attached hydrogen (secondary N) is 2. The predicted molar refractivity (Wildman–Crippen MR) is 109 cm³/mol. The molecule has 0 saturated heterocycles. The first-order chi connectivity index (χ1) is 12.1. The lowest BCUT2D eigenvalue weighted by Gasteiger charge is -2.28. The van der Waals surface area contributed by atoms with E-state index in [0.717, 1.165) is 5.75 Å². The number of aliphatic imine (C=N–C) groups is 2. The molecule has 1 heterocycles. The predicted octanol–water partition coefficient (Wildman–Crippen LogP) is 3.48. The van der Waals surface area contributed by atoms with Gasteiger partial charge in [0.15, 0.2) is 0 Å².